The van der Waals surface area contributed by atoms with Crippen LogP contribution in [0.25, 0.3) is 11.3 Å². The number of amides is 1. The highest BCUT2D eigenvalue weighted by Crippen LogP contribution is 2.34. The van der Waals surface area contributed by atoms with Gasteiger partial charge in [0, 0.05) is 39.9 Å². The molecule has 174 valence electrons. The zero-order valence-corrected chi connectivity index (χ0v) is 21.6. The van der Waals surface area contributed by atoms with Crippen LogP contribution in [0, 0.1) is 5.92 Å². The molecule has 1 aromatic heterocycles. The van der Waals surface area contributed by atoms with E-state index in [9.17, 15) is 13.2 Å². The molecule has 2 aromatic carbocycles. The summed E-state index contributed by atoms with van der Waals surface area (Å²) in [5, 5.41) is 6.22. The van der Waals surface area contributed by atoms with Gasteiger partial charge < -0.3 is 5.32 Å². The number of thioether (sulfide) groups is 1. The second kappa shape index (κ2) is 10.3. The minimum atomic E-state index is -3.60. The molecular formula is C22H21Cl2N3O3S3. The van der Waals surface area contributed by atoms with Crippen LogP contribution < -0.4 is 5.32 Å². The molecule has 0 unspecified atom stereocenters. The summed E-state index contributed by atoms with van der Waals surface area (Å²) in [6.45, 7) is 0.592. The smallest absolute Gasteiger partial charge is 0.244 e. The van der Waals surface area contributed by atoms with E-state index in [1.165, 1.54) is 27.4 Å². The molecule has 0 bridgehead atoms. The number of nitrogens with one attached hydrogen (secondary N) is 1. The Bertz CT molecular complexity index is 1270. The predicted molar refractivity (Wildman–Crippen MR) is 136 cm³/mol. The average molecular weight is 543 g/mol. The van der Waals surface area contributed by atoms with Gasteiger partial charge in [-0.1, -0.05) is 35.3 Å². The lowest BCUT2D eigenvalue weighted by atomic mass is 9.97. The summed E-state index contributed by atoms with van der Waals surface area (Å²) >= 11 is 15.0. The van der Waals surface area contributed by atoms with Gasteiger partial charge in [0.1, 0.15) is 0 Å². The van der Waals surface area contributed by atoms with Crippen molar-refractivity contribution in [3.8, 4) is 11.3 Å². The summed E-state index contributed by atoms with van der Waals surface area (Å²) in [6, 6.07) is 12.1. The van der Waals surface area contributed by atoms with E-state index in [2.05, 4.69) is 10.3 Å². The first kappa shape index (κ1) is 24.5. The normalized spacial score (nSPS) is 15.5. The van der Waals surface area contributed by atoms with E-state index in [-0.39, 0.29) is 11.8 Å². The number of rotatable bonds is 6. The number of halogens is 2. The van der Waals surface area contributed by atoms with Crippen molar-refractivity contribution in [1.29, 1.82) is 0 Å². The maximum Gasteiger partial charge on any atom is 0.244 e. The molecule has 1 aliphatic heterocycles. The monoisotopic (exact) mass is 541 g/mol. The highest BCUT2D eigenvalue weighted by Gasteiger charge is 2.33. The number of sulfonamides is 1. The molecule has 3 aromatic rings. The SMILES string of the molecule is CSc1ccccc1S(=O)(=O)N1CCC(C(=O)Nc2nc(-c3cc(Cl)ccc3Cl)cs2)CC1. The van der Waals surface area contributed by atoms with Gasteiger partial charge in [0.15, 0.2) is 5.13 Å². The molecule has 0 aliphatic carbocycles. The number of thiazole rings is 1. The minimum absolute atomic E-state index is 0.158. The van der Waals surface area contributed by atoms with Gasteiger partial charge in [-0.2, -0.15) is 4.31 Å². The largest absolute Gasteiger partial charge is 0.302 e. The zero-order valence-electron chi connectivity index (χ0n) is 17.6. The Kier molecular flexibility index (Phi) is 7.67. The van der Waals surface area contributed by atoms with Crippen molar-refractivity contribution >= 4 is 67.4 Å². The maximum absolute atomic E-state index is 13.1. The average Bonchev–Trinajstić information content (AvgIpc) is 3.28. The third-order valence-electron chi connectivity index (χ3n) is 5.45. The Balaban J connectivity index is 1.39. The van der Waals surface area contributed by atoms with Crippen LogP contribution in [-0.4, -0.2) is 43.0 Å². The summed E-state index contributed by atoms with van der Waals surface area (Å²) in [6.07, 6.45) is 2.75. The molecule has 0 spiro atoms. The number of aromatic nitrogens is 1. The van der Waals surface area contributed by atoms with E-state index in [1.54, 1.807) is 36.4 Å². The van der Waals surface area contributed by atoms with Gasteiger partial charge in [-0.25, -0.2) is 13.4 Å². The quantitative estimate of drug-likeness (QED) is 0.394. The van der Waals surface area contributed by atoms with Crippen LogP contribution in [0.2, 0.25) is 10.0 Å². The number of hydrogen-bond acceptors (Lipinski definition) is 6. The molecule has 1 amide bonds. The molecule has 1 aliphatic rings. The van der Waals surface area contributed by atoms with E-state index < -0.39 is 10.0 Å². The Hall–Kier alpha value is -1.62. The van der Waals surface area contributed by atoms with Gasteiger partial charge in [0.2, 0.25) is 15.9 Å². The topological polar surface area (TPSA) is 79.4 Å². The lowest BCUT2D eigenvalue weighted by molar-refractivity contribution is -0.120. The molecule has 4 rings (SSSR count). The number of piperidine rings is 1. The van der Waals surface area contributed by atoms with Crippen LogP contribution in [0.3, 0.4) is 0 Å². The molecule has 0 atom stereocenters. The van der Waals surface area contributed by atoms with Gasteiger partial charge in [0.25, 0.3) is 0 Å². The second-order valence-electron chi connectivity index (χ2n) is 7.48. The van der Waals surface area contributed by atoms with Crippen LogP contribution in [-0.2, 0) is 14.8 Å². The van der Waals surface area contributed by atoms with Crippen LogP contribution in [0.15, 0.2) is 57.6 Å². The summed E-state index contributed by atoms with van der Waals surface area (Å²) in [7, 11) is -3.60. The summed E-state index contributed by atoms with van der Waals surface area (Å²) in [5.74, 6) is -0.441. The maximum atomic E-state index is 13.1. The van der Waals surface area contributed by atoms with Crippen molar-refractivity contribution in [2.75, 3.05) is 24.7 Å². The summed E-state index contributed by atoms with van der Waals surface area (Å²) < 4.78 is 27.7. The first-order valence-electron chi connectivity index (χ1n) is 10.1. The summed E-state index contributed by atoms with van der Waals surface area (Å²) in [5.41, 5.74) is 1.33. The van der Waals surface area contributed by atoms with Crippen molar-refractivity contribution in [3.05, 3.63) is 57.9 Å². The Morgan fingerprint density at radius 3 is 2.64 bits per heavy atom. The summed E-state index contributed by atoms with van der Waals surface area (Å²) in [4.78, 5) is 18.3. The van der Waals surface area contributed by atoms with Crippen LogP contribution in [0.1, 0.15) is 12.8 Å². The number of hydrogen-bond donors (Lipinski definition) is 1. The fourth-order valence-corrected chi connectivity index (χ4v) is 7.38. The molecule has 6 nitrogen and oxygen atoms in total. The third kappa shape index (κ3) is 5.39. The fourth-order valence-electron chi connectivity index (χ4n) is 3.69. The molecule has 1 N–H and O–H groups in total. The third-order valence-corrected chi connectivity index (χ3v) is 9.65. The second-order valence-corrected chi connectivity index (χ2v) is 11.9. The van der Waals surface area contributed by atoms with E-state index in [0.29, 0.717) is 57.3 Å². The Morgan fingerprint density at radius 2 is 1.91 bits per heavy atom. The van der Waals surface area contributed by atoms with Crippen LogP contribution >= 0.6 is 46.3 Å². The van der Waals surface area contributed by atoms with Crippen molar-refractivity contribution in [2.45, 2.75) is 22.6 Å². The number of carbonyl (C=O) groups is 1. The molecule has 33 heavy (non-hydrogen) atoms. The highest BCUT2D eigenvalue weighted by molar-refractivity contribution is 7.99. The van der Waals surface area contributed by atoms with Gasteiger partial charge in [-0.3, -0.25) is 4.79 Å². The first-order valence-corrected chi connectivity index (χ1v) is 14.4. The Labute approximate surface area is 211 Å². The first-order chi connectivity index (χ1) is 15.8. The van der Waals surface area contributed by atoms with Crippen molar-refractivity contribution in [2.24, 2.45) is 5.92 Å². The van der Waals surface area contributed by atoms with Gasteiger partial charge in [-0.15, -0.1) is 23.1 Å². The van der Waals surface area contributed by atoms with E-state index in [4.69, 9.17) is 23.2 Å². The number of carbonyl (C=O) groups excluding carboxylic acids is 1. The van der Waals surface area contributed by atoms with Gasteiger partial charge in [-0.05, 0) is 49.4 Å². The van der Waals surface area contributed by atoms with Gasteiger partial charge in [0.05, 0.1) is 15.6 Å². The molecule has 11 heteroatoms. The standard InChI is InChI=1S/C22H21Cl2N3O3S3/c1-31-19-4-2-3-5-20(19)33(29,30)27-10-8-14(9-11-27)21(28)26-22-25-18(13-32-22)16-12-15(23)6-7-17(16)24/h2-7,12-14H,8-11H2,1H3,(H,25,26,28). The highest BCUT2D eigenvalue weighted by atomic mass is 35.5. The molecular weight excluding hydrogens is 521 g/mol. The van der Waals surface area contributed by atoms with Crippen molar-refractivity contribution in [3.63, 3.8) is 0 Å². The molecule has 2 heterocycles. The number of anilines is 1. The molecule has 1 saturated heterocycles. The van der Waals surface area contributed by atoms with Gasteiger partial charge >= 0.3 is 0 Å². The minimum Gasteiger partial charge on any atom is -0.302 e. The lowest BCUT2D eigenvalue weighted by Gasteiger charge is -2.30. The number of nitrogens with zero attached hydrogens (tertiary/aromatic N) is 2. The van der Waals surface area contributed by atoms with Crippen molar-refractivity contribution < 1.29 is 13.2 Å². The van der Waals surface area contributed by atoms with Crippen LogP contribution in [0.4, 0.5) is 5.13 Å². The predicted octanol–water partition coefficient (Wildman–Crippen LogP) is 5.88. The van der Waals surface area contributed by atoms with E-state index in [0.717, 1.165) is 4.90 Å². The van der Waals surface area contributed by atoms with E-state index >= 15 is 0 Å². The molecule has 1 fully saturated rings. The lowest BCUT2D eigenvalue weighted by Crippen LogP contribution is -2.41. The molecule has 0 saturated carbocycles. The zero-order chi connectivity index (χ0) is 23.6. The van der Waals surface area contributed by atoms with E-state index in [1.807, 2.05) is 17.7 Å². The van der Waals surface area contributed by atoms with Crippen molar-refractivity contribution in [1.82, 2.24) is 9.29 Å². The fraction of sp³-hybridized carbons (Fsp3) is 0.273. The van der Waals surface area contributed by atoms with Crippen LogP contribution in [0.5, 0.6) is 0 Å². The number of benzene rings is 2. The molecule has 0 radical (unpaired) electrons. The Morgan fingerprint density at radius 1 is 1.18 bits per heavy atom.